The van der Waals surface area contributed by atoms with Gasteiger partial charge in [-0.25, -0.2) is 4.39 Å². The summed E-state index contributed by atoms with van der Waals surface area (Å²) in [6, 6.07) is 9.41. The van der Waals surface area contributed by atoms with E-state index in [1.807, 2.05) is 0 Å². The number of rotatable bonds is 5. The van der Waals surface area contributed by atoms with Crippen LogP contribution in [0.1, 0.15) is 17.3 Å². The van der Waals surface area contributed by atoms with E-state index < -0.39 is 23.4 Å². The number of amides is 2. The van der Waals surface area contributed by atoms with Gasteiger partial charge in [0.2, 0.25) is 5.91 Å². The summed E-state index contributed by atoms with van der Waals surface area (Å²) in [7, 11) is 0. The lowest BCUT2D eigenvalue weighted by Gasteiger charge is -2.09. The average molecular weight is 354 g/mol. The third-order valence-corrected chi connectivity index (χ3v) is 3.60. The fourth-order valence-corrected chi connectivity index (χ4v) is 2.38. The van der Waals surface area contributed by atoms with Gasteiger partial charge in [0.05, 0.1) is 5.69 Å². The summed E-state index contributed by atoms with van der Waals surface area (Å²) in [5.41, 5.74) is 0.499. The molecule has 0 radical (unpaired) electrons. The maximum absolute atomic E-state index is 13.5. The Bertz CT molecular complexity index is 751. The SMILES string of the molecule is CC(=O)Nc1cc(NC(=O)c2ccc(SC(F)F)cc2)ccc1F. The lowest BCUT2D eigenvalue weighted by atomic mass is 10.2. The highest BCUT2D eigenvalue weighted by Crippen LogP contribution is 2.25. The summed E-state index contributed by atoms with van der Waals surface area (Å²) in [6.45, 7) is 1.24. The molecule has 8 heteroatoms. The van der Waals surface area contributed by atoms with E-state index >= 15 is 0 Å². The maximum atomic E-state index is 13.5. The molecule has 2 N–H and O–H groups in total. The Hall–Kier alpha value is -2.48. The molecular formula is C16H13F3N2O2S. The molecule has 0 heterocycles. The van der Waals surface area contributed by atoms with Crippen LogP contribution in [0, 0.1) is 5.82 Å². The number of halogens is 3. The van der Waals surface area contributed by atoms with Crippen molar-refractivity contribution >= 4 is 35.0 Å². The zero-order valence-electron chi connectivity index (χ0n) is 12.5. The van der Waals surface area contributed by atoms with Crippen LogP contribution in [0.5, 0.6) is 0 Å². The molecule has 2 rings (SSSR count). The molecule has 24 heavy (non-hydrogen) atoms. The van der Waals surface area contributed by atoms with Crippen molar-refractivity contribution in [2.24, 2.45) is 0 Å². The first-order valence-electron chi connectivity index (χ1n) is 6.78. The van der Waals surface area contributed by atoms with Crippen LogP contribution in [0.3, 0.4) is 0 Å². The Balaban J connectivity index is 2.10. The molecule has 0 bridgehead atoms. The average Bonchev–Trinajstić information content (AvgIpc) is 2.50. The first kappa shape index (κ1) is 17.9. The van der Waals surface area contributed by atoms with Gasteiger partial charge in [0.1, 0.15) is 5.82 Å². The van der Waals surface area contributed by atoms with Gasteiger partial charge in [0.25, 0.3) is 11.7 Å². The standard InChI is InChI=1S/C16H13F3N2O2S/c1-9(22)20-14-8-11(4-7-13(14)17)21-15(23)10-2-5-12(6-3-10)24-16(18)19/h2-8,16H,1H3,(H,20,22)(H,21,23). The topological polar surface area (TPSA) is 58.2 Å². The minimum atomic E-state index is -2.53. The van der Waals surface area contributed by atoms with Crippen LogP contribution < -0.4 is 10.6 Å². The molecule has 0 aliphatic rings. The second kappa shape index (κ2) is 7.87. The Morgan fingerprint density at radius 2 is 1.71 bits per heavy atom. The molecule has 0 fully saturated rings. The zero-order chi connectivity index (χ0) is 17.7. The van der Waals surface area contributed by atoms with Crippen molar-refractivity contribution in [2.45, 2.75) is 17.6 Å². The molecule has 2 aromatic carbocycles. The predicted molar refractivity (Wildman–Crippen MR) is 87.0 cm³/mol. The van der Waals surface area contributed by atoms with Crippen molar-refractivity contribution in [2.75, 3.05) is 10.6 Å². The smallest absolute Gasteiger partial charge is 0.288 e. The Kier molecular flexibility index (Phi) is 5.86. The monoisotopic (exact) mass is 354 g/mol. The number of thioether (sulfide) groups is 1. The highest BCUT2D eigenvalue weighted by atomic mass is 32.2. The normalized spacial score (nSPS) is 10.5. The lowest BCUT2D eigenvalue weighted by molar-refractivity contribution is -0.114. The van der Waals surface area contributed by atoms with E-state index in [0.29, 0.717) is 16.7 Å². The van der Waals surface area contributed by atoms with Gasteiger partial charge >= 0.3 is 0 Å². The molecule has 2 amide bonds. The number of carbonyl (C=O) groups is 2. The van der Waals surface area contributed by atoms with Gasteiger partial charge < -0.3 is 10.6 Å². The molecule has 0 aliphatic heterocycles. The van der Waals surface area contributed by atoms with Crippen molar-refractivity contribution in [1.82, 2.24) is 0 Å². The van der Waals surface area contributed by atoms with Crippen LogP contribution in [0.15, 0.2) is 47.4 Å². The first-order valence-corrected chi connectivity index (χ1v) is 7.66. The number of nitrogens with one attached hydrogen (secondary N) is 2. The minimum Gasteiger partial charge on any atom is -0.324 e. The third kappa shape index (κ3) is 5.02. The summed E-state index contributed by atoms with van der Waals surface area (Å²) in [6.07, 6.45) is 0. The Labute approximate surface area is 140 Å². The maximum Gasteiger partial charge on any atom is 0.288 e. The van der Waals surface area contributed by atoms with E-state index in [9.17, 15) is 22.8 Å². The number of anilines is 2. The van der Waals surface area contributed by atoms with Gasteiger partial charge in [-0.2, -0.15) is 8.78 Å². The number of alkyl halides is 2. The summed E-state index contributed by atoms with van der Waals surface area (Å²) in [5, 5.41) is 4.86. The second-order valence-electron chi connectivity index (χ2n) is 4.73. The van der Waals surface area contributed by atoms with Crippen molar-refractivity contribution in [1.29, 1.82) is 0 Å². The molecule has 4 nitrogen and oxygen atoms in total. The molecular weight excluding hydrogens is 341 g/mol. The van der Waals surface area contributed by atoms with E-state index in [4.69, 9.17) is 0 Å². The molecule has 126 valence electrons. The van der Waals surface area contributed by atoms with Crippen LogP contribution in [0.2, 0.25) is 0 Å². The molecule has 0 aliphatic carbocycles. The highest BCUT2D eigenvalue weighted by molar-refractivity contribution is 7.99. The summed E-state index contributed by atoms with van der Waals surface area (Å²) in [4.78, 5) is 23.5. The van der Waals surface area contributed by atoms with E-state index in [2.05, 4.69) is 10.6 Å². The quantitative estimate of drug-likeness (QED) is 0.785. The Morgan fingerprint density at radius 1 is 1.04 bits per heavy atom. The van der Waals surface area contributed by atoms with E-state index in [1.165, 1.54) is 43.3 Å². The zero-order valence-corrected chi connectivity index (χ0v) is 13.3. The van der Waals surface area contributed by atoms with Gasteiger partial charge in [0.15, 0.2) is 0 Å². The minimum absolute atomic E-state index is 0.0519. The molecule has 0 atom stereocenters. The van der Waals surface area contributed by atoms with Crippen molar-refractivity contribution in [3.05, 3.63) is 53.8 Å². The fraction of sp³-hybridized carbons (Fsp3) is 0.125. The molecule has 0 spiro atoms. The number of hydrogen-bond donors (Lipinski definition) is 2. The predicted octanol–water partition coefficient (Wildman–Crippen LogP) is 4.35. The summed E-state index contributed by atoms with van der Waals surface area (Å²) in [5.74, 6) is -4.08. The van der Waals surface area contributed by atoms with Crippen LogP contribution >= 0.6 is 11.8 Å². The fourth-order valence-electron chi connectivity index (χ4n) is 1.88. The van der Waals surface area contributed by atoms with Crippen LogP contribution in [0.4, 0.5) is 24.5 Å². The van der Waals surface area contributed by atoms with E-state index in [0.717, 1.165) is 6.07 Å². The van der Waals surface area contributed by atoms with E-state index in [-0.39, 0.29) is 16.9 Å². The van der Waals surface area contributed by atoms with Crippen LogP contribution in [0.25, 0.3) is 0 Å². The summed E-state index contributed by atoms with van der Waals surface area (Å²) >= 11 is 0.385. The van der Waals surface area contributed by atoms with Gasteiger partial charge in [-0.3, -0.25) is 9.59 Å². The van der Waals surface area contributed by atoms with Crippen molar-refractivity contribution < 1.29 is 22.8 Å². The highest BCUT2D eigenvalue weighted by Gasteiger charge is 2.11. The van der Waals surface area contributed by atoms with Crippen LogP contribution in [-0.4, -0.2) is 17.6 Å². The van der Waals surface area contributed by atoms with Gasteiger partial charge in [-0.15, -0.1) is 0 Å². The number of hydrogen-bond acceptors (Lipinski definition) is 3. The Morgan fingerprint density at radius 3 is 2.29 bits per heavy atom. The second-order valence-corrected chi connectivity index (χ2v) is 5.80. The van der Waals surface area contributed by atoms with Crippen molar-refractivity contribution in [3.8, 4) is 0 Å². The lowest BCUT2D eigenvalue weighted by Crippen LogP contribution is -2.13. The first-order chi connectivity index (χ1) is 11.3. The van der Waals surface area contributed by atoms with E-state index in [1.54, 1.807) is 0 Å². The molecule has 0 saturated carbocycles. The van der Waals surface area contributed by atoms with Gasteiger partial charge in [0, 0.05) is 23.1 Å². The largest absolute Gasteiger partial charge is 0.324 e. The molecule has 0 aromatic heterocycles. The molecule has 2 aromatic rings. The van der Waals surface area contributed by atoms with Crippen molar-refractivity contribution in [3.63, 3.8) is 0 Å². The van der Waals surface area contributed by atoms with Crippen LogP contribution in [-0.2, 0) is 4.79 Å². The summed E-state index contributed by atoms with van der Waals surface area (Å²) < 4.78 is 38.1. The number of benzene rings is 2. The number of carbonyl (C=O) groups excluding carboxylic acids is 2. The third-order valence-electron chi connectivity index (χ3n) is 2.88. The van der Waals surface area contributed by atoms with Gasteiger partial charge in [-0.1, -0.05) is 11.8 Å². The molecule has 0 unspecified atom stereocenters. The molecule has 0 saturated heterocycles. The van der Waals surface area contributed by atoms with Gasteiger partial charge in [-0.05, 0) is 42.5 Å².